The van der Waals surface area contributed by atoms with Gasteiger partial charge in [0.15, 0.2) is 0 Å². The Morgan fingerprint density at radius 3 is 2.48 bits per heavy atom. The largest absolute Gasteiger partial charge is 0.272 e. The molecular formula is C17H13FN2O. The summed E-state index contributed by atoms with van der Waals surface area (Å²) >= 11 is 0. The van der Waals surface area contributed by atoms with Crippen molar-refractivity contribution in [2.75, 3.05) is 5.12 Å². The number of benzene rings is 2. The van der Waals surface area contributed by atoms with Crippen LogP contribution in [-0.4, -0.2) is 10.9 Å². The van der Waals surface area contributed by atoms with Crippen LogP contribution in [0.3, 0.4) is 0 Å². The number of aromatic nitrogens is 1. The molecule has 0 unspecified atom stereocenters. The van der Waals surface area contributed by atoms with Gasteiger partial charge in [0.1, 0.15) is 0 Å². The predicted octanol–water partition coefficient (Wildman–Crippen LogP) is 3.70. The van der Waals surface area contributed by atoms with Crippen molar-refractivity contribution in [1.29, 1.82) is 0 Å². The van der Waals surface area contributed by atoms with Gasteiger partial charge in [0.25, 0.3) is 5.91 Å². The number of carbonyl (C=O) groups is 1. The molecule has 0 saturated heterocycles. The molecule has 0 fully saturated rings. The molecule has 0 radical (unpaired) electrons. The molecule has 104 valence electrons. The maximum Gasteiger partial charge on any atom is 0.259 e. The first-order valence-corrected chi connectivity index (χ1v) is 6.62. The second kappa shape index (κ2) is 5.71. The van der Waals surface area contributed by atoms with Gasteiger partial charge in [-0.15, -0.1) is 5.12 Å². The number of hydrogen-bond acceptors (Lipinski definition) is 2. The minimum absolute atomic E-state index is 0.187. The lowest BCUT2D eigenvalue weighted by Gasteiger charge is -2.01. The normalized spacial score (nSPS) is 12.8. The van der Waals surface area contributed by atoms with E-state index in [0.29, 0.717) is 5.69 Å². The smallest absolute Gasteiger partial charge is 0.259 e. The second-order valence-electron chi connectivity index (χ2n) is 4.68. The van der Waals surface area contributed by atoms with E-state index in [2.05, 4.69) is 17.1 Å². The Morgan fingerprint density at radius 2 is 1.67 bits per heavy atom. The topological polar surface area (TPSA) is 33.2 Å². The van der Waals surface area contributed by atoms with E-state index in [9.17, 15) is 9.28 Å². The van der Waals surface area contributed by atoms with E-state index in [1.165, 1.54) is 5.39 Å². The minimum Gasteiger partial charge on any atom is -0.272 e. The summed E-state index contributed by atoms with van der Waals surface area (Å²) in [5.74, 6) is -0.480. The van der Waals surface area contributed by atoms with Crippen molar-refractivity contribution in [3.63, 3.8) is 0 Å². The van der Waals surface area contributed by atoms with Crippen molar-refractivity contribution >= 4 is 22.5 Å². The van der Waals surface area contributed by atoms with Gasteiger partial charge in [-0.2, -0.15) is 0 Å². The highest BCUT2D eigenvalue weighted by Gasteiger charge is 2.26. The van der Waals surface area contributed by atoms with Gasteiger partial charge >= 0.3 is 0 Å². The molecule has 3 aromatic rings. The molecule has 21 heavy (non-hydrogen) atoms. The fraction of sp³-hybridized carbons (Fsp3) is 0.0588. The fourth-order valence-electron chi connectivity index (χ4n) is 2.23. The van der Waals surface area contributed by atoms with Crippen molar-refractivity contribution < 1.29 is 9.28 Å². The summed E-state index contributed by atoms with van der Waals surface area (Å²) in [6, 6.07) is 18.9. The summed E-state index contributed by atoms with van der Waals surface area (Å²) in [7, 11) is 0. The number of anilines is 1. The molecule has 1 aliphatic rings. The summed E-state index contributed by atoms with van der Waals surface area (Å²) in [6.07, 6.45) is 2.00. The first kappa shape index (κ1) is 13.2. The van der Waals surface area contributed by atoms with Crippen molar-refractivity contribution in [1.82, 2.24) is 4.98 Å². The predicted molar refractivity (Wildman–Crippen MR) is 80.5 cm³/mol. The molecule has 0 N–H and O–H groups in total. The van der Waals surface area contributed by atoms with Crippen molar-refractivity contribution in [3.8, 4) is 0 Å². The van der Waals surface area contributed by atoms with Crippen LogP contribution in [0.5, 0.6) is 0 Å². The molecule has 2 heterocycles. The number of rotatable bonds is 0. The van der Waals surface area contributed by atoms with Gasteiger partial charge in [-0.05, 0) is 23.8 Å². The Kier molecular flexibility index (Phi) is 3.60. The Balaban J connectivity index is 0.000000126. The van der Waals surface area contributed by atoms with Crippen molar-refractivity contribution in [2.45, 2.75) is 6.42 Å². The third-order valence-corrected chi connectivity index (χ3v) is 3.28. The van der Waals surface area contributed by atoms with Crippen LogP contribution in [0.25, 0.3) is 10.9 Å². The quantitative estimate of drug-likeness (QED) is 0.588. The molecule has 0 atom stereocenters. The summed E-state index contributed by atoms with van der Waals surface area (Å²) in [4.78, 5) is 15.0. The first-order valence-electron chi connectivity index (χ1n) is 6.62. The molecule has 1 aliphatic heterocycles. The molecule has 4 rings (SSSR count). The molecule has 4 heteroatoms. The number of para-hydroxylation sites is 2. The first-order chi connectivity index (χ1) is 10.3. The van der Waals surface area contributed by atoms with Crippen LogP contribution < -0.4 is 5.12 Å². The van der Waals surface area contributed by atoms with Gasteiger partial charge in [-0.25, -0.2) is 0 Å². The molecule has 1 aromatic heterocycles. The highest BCUT2D eigenvalue weighted by molar-refractivity contribution is 5.99. The molecule has 1 amide bonds. The number of pyridine rings is 1. The maximum absolute atomic E-state index is 12.8. The van der Waals surface area contributed by atoms with Gasteiger partial charge in [0, 0.05) is 11.6 Å². The zero-order valence-electron chi connectivity index (χ0n) is 11.2. The summed E-state index contributed by atoms with van der Waals surface area (Å²) < 4.78 is 12.8. The third-order valence-electron chi connectivity index (χ3n) is 3.28. The van der Waals surface area contributed by atoms with Gasteiger partial charge in [0.05, 0.1) is 17.6 Å². The van der Waals surface area contributed by atoms with Crippen LogP contribution in [0, 0.1) is 0 Å². The molecular weight excluding hydrogens is 267 g/mol. The lowest BCUT2D eigenvalue weighted by molar-refractivity contribution is -0.119. The monoisotopic (exact) mass is 280 g/mol. The highest BCUT2D eigenvalue weighted by atomic mass is 19.2. The fourth-order valence-corrected chi connectivity index (χ4v) is 2.23. The Morgan fingerprint density at radius 1 is 0.952 bits per heavy atom. The van der Waals surface area contributed by atoms with E-state index >= 15 is 0 Å². The lowest BCUT2D eigenvalue weighted by atomic mass is 10.2. The number of nitrogens with zero attached hydrogens (tertiary/aromatic N) is 2. The van der Waals surface area contributed by atoms with Gasteiger partial charge in [-0.1, -0.05) is 46.9 Å². The van der Waals surface area contributed by atoms with E-state index in [-0.39, 0.29) is 11.5 Å². The van der Waals surface area contributed by atoms with Crippen LogP contribution in [-0.2, 0) is 11.2 Å². The lowest BCUT2D eigenvalue weighted by Crippen LogP contribution is -2.15. The van der Waals surface area contributed by atoms with E-state index in [0.717, 1.165) is 11.1 Å². The number of amides is 1. The second-order valence-corrected chi connectivity index (χ2v) is 4.68. The van der Waals surface area contributed by atoms with Gasteiger partial charge < -0.3 is 0 Å². The molecule has 3 nitrogen and oxygen atoms in total. The van der Waals surface area contributed by atoms with Crippen LogP contribution >= 0.6 is 0 Å². The van der Waals surface area contributed by atoms with E-state index in [1.807, 2.05) is 30.5 Å². The Labute approximate surface area is 121 Å². The number of carbonyl (C=O) groups excluding carboxylic acids is 1. The van der Waals surface area contributed by atoms with Crippen LogP contribution in [0.1, 0.15) is 5.56 Å². The summed E-state index contributed by atoms with van der Waals surface area (Å²) in [6.45, 7) is 0. The van der Waals surface area contributed by atoms with E-state index < -0.39 is 5.91 Å². The van der Waals surface area contributed by atoms with E-state index in [1.54, 1.807) is 24.3 Å². The van der Waals surface area contributed by atoms with Crippen LogP contribution in [0.15, 0.2) is 66.9 Å². The minimum atomic E-state index is -0.480. The van der Waals surface area contributed by atoms with Gasteiger partial charge in [-0.3, -0.25) is 9.78 Å². The number of halogens is 1. The Hall–Kier alpha value is -2.75. The van der Waals surface area contributed by atoms with Crippen LogP contribution in [0.4, 0.5) is 10.2 Å². The third kappa shape index (κ3) is 2.74. The summed E-state index contributed by atoms with van der Waals surface area (Å²) in [5, 5.41) is 1.40. The zero-order chi connectivity index (χ0) is 14.7. The molecule has 0 aliphatic carbocycles. The molecule has 0 bridgehead atoms. The average Bonchev–Trinajstić information content (AvgIpc) is 2.83. The maximum atomic E-state index is 12.8. The zero-order valence-corrected chi connectivity index (χ0v) is 11.2. The van der Waals surface area contributed by atoms with Crippen molar-refractivity contribution in [3.05, 3.63) is 72.4 Å². The number of hydrogen-bond donors (Lipinski definition) is 0. The van der Waals surface area contributed by atoms with Crippen molar-refractivity contribution in [2.24, 2.45) is 0 Å². The van der Waals surface area contributed by atoms with E-state index in [4.69, 9.17) is 0 Å². The standard InChI is InChI=1S/C9H7N.C8H6FNO/c1-2-6-9-8(4-1)5-3-7-10-9;9-10-7-4-2-1-3-6(7)5-8(10)11/h1-7H;1-4H,5H2. The average molecular weight is 280 g/mol. The molecule has 0 saturated carbocycles. The summed E-state index contributed by atoms with van der Waals surface area (Å²) in [5.41, 5.74) is 2.21. The SMILES string of the molecule is O=C1Cc2ccccc2N1F.c1ccc2ncccc2c1. The van der Waals surface area contributed by atoms with Crippen LogP contribution in [0.2, 0.25) is 0 Å². The van der Waals surface area contributed by atoms with Gasteiger partial charge in [0.2, 0.25) is 0 Å². The number of fused-ring (bicyclic) bond motifs is 2. The highest BCUT2D eigenvalue weighted by Crippen LogP contribution is 2.28. The molecule has 2 aromatic carbocycles. The Bertz CT molecular complexity index is 723. The molecule has 0 spiro atoms.